The van der Waals surface area contributed by atoms with Gasteiger partial charge in [-0.1, -0.05) is 13.8 Å². The molecular weight excluding hydrogens is 256 g/mol. The molecule has 1 amide bonds. The average Bonchev–Trinajstić information content (AvgIpc) is 3.22. The van der Waals surface area contributed by atoms with Crippen LogP contribution in [0.2, 0.25) is 0 Å². The van der Waals surface area contributed by atoms with Crippen LogP contribution in [0.1, 0.15) is 60.8 Å². The highest BCUT2D eigenvalue weighted by molar-refractivity contribution is 7.47. The predicted molar refractivity (Wildman–Crippen MR) is 75.7 cm³/mol. The van der Waals surface area contributed by atoms with Gasteiger partial charge in [0.25, 0.3) is 5.91 Å². The fraction of sp³-hybridized carbons (Fsp3) is 0.467. The van der Waals surface area contributed by atoms with Gasteiger partial charge in [0, 0.05) is 12.4 Å². The molecule has 1 fully saturated rings. The molecule has 3 nitrogen and oxygen atoms in total. The lowest BCUT2D eigenvalue weighted by atomic mass is 9.87. The van der Waals surface area contributed by atoms with Crippen LogP contribution in [0, 0.1) is 11.3 Å². The first-order chi connectivity index (χ1) is 9.06. The molecule has 0 heterocycles. The Morgan fingerprint density at radius 1 is 1.53 bits per heavy atom. The third-order valence-corrected chi connectivity index (χ3v) is 3.72. The topological polar surface area (TPSA) is 53.2 Å². The molecule has 0 saturated heterocycles. The second-order valence-electron chi connectivity index (χ2n) is 5.34. The van der Waals surface area contributed by atoms with Gasteiger partial charge in [-0.15, -0.1) is 4.36 Å². The Morgan fingerprint density at radius 3 is 2.68 bits per heavy atom. The second-order valence-corrected chi connectivity index (χ2v) is 5.52. The van der Waals surface area contributed by atoms with Gasteiger partial charge in [-0.05, 0) is 53.5 Å². The fourth-order valence-corrected chi connectivity index (χ4v) is 2.51. The van der Waals surface area contributed by atoms with Crippen LogP contribution in [0.4, 0.5) is 0 Å². The Kier molecular flexibility index (Phi) is 4.06. The number of carbonyl (C=O) groups excluding carboxylic acids is 1. The van der Waals surface area contributed by atoms with E-state index in [9.17, 15) is 4.79 Å². The van der Waals surface area contributed by atoms with Gasteiger partial charge in [-0.25, -0.2) is 0 Å². The number of amides is 1. The summed E-state index contributed by atoms with van der Waals surface area (Å²) in [5.74, 6) is 0.501. The molecule has 0 aromatic heterocycles. The lowest BCUT2D eigenvalue weighted by molar-refractivity contribution is -0.116. The number of nitriles is 1. The smallest absolute Gasteiger partial charge is 0.261 e. The molecule has 1 aliphatic rings. The van der Waals surface area contributed by atoms with Crippen LogP contribution in [0.15, 0.2) is 16.5 Å². The fourth-order valence-electron chi connectivity index (χ4n) is 2.44. The van der Waals surface area contributed by atoms with Crippen LogP contribution in [0.25, 0.3) is 0 Å². The largest absolute Gasteiger partial charge is 0.271 e. The van der Waals surface area contributed by atoms with Crippen LogP contribution < -0.4 is 0 Å². The summed E-state index contributed by atoms with van der Waals surface area (Å²) < 4.78 is 3.33. The summed E-state index contributed by atoms with van der Waals surface area (Å²) >= 11 is 4.48. The van der Waals surface area contributed by atoms with E-state index < -0.39 is 0 Å². The summed E-state index contributed by atoms with van der Waals surface area (Å²) in [6.07, 6.45) is 2.53. The number of nitrogens with zero attached hydrogens (tertiary/aromatic N) is 2. The lowest BCUT2D eigenvalue weighted by Crippen LogP contribution is -2.08. The molecule has 1 aliphatic carbocycles. The highest BCUT2D eigenvalue weighted by Crippen LogP contribution is 2.44. The maximum Gasteiger partial charge on any atom is 0.261 e. The average molecular weight is 272 g/mol. The van der Waals surface area contributed by atoms with Gasteiger partial charge in [0.05, 0.1) is 18.1 Å². The molecule has 0 spiro atoms. The third kappa shape index (κ3) is 3.05. The van der Waals surface area contributed by atoms with E-state index in [0.717, 1.165) is 29.5 Å². The molecule has 0 aliphatic heterocycles. The molecule has 0 atom stereocenters. The van der Waals surface area contributed by atoms with E-state index in [1.165, 1.54) is 0 Å². The zero-order valence-corrected chi connectivity index (χ0v) is 12.0. The van der Waals surface area contributed by atoms with Crippen molar-refractivity contribution in [3.05, 3.63) is 34.4 Å². The molecule has 19 heavy (non-hydrogen) atoms. The molecule has 1 aromatic rings. The highest BCUT2D eigenvalue weighted by atomic mass is 32.1. The van der Waals surface area contributed by atoms with Crippen LogP contribution in [-0.4, -0.2) is 5.91 Å². The van der Waals surface area contributed by atoms with E-state index >= 15 is 0 Å². The number of hydrogen-bond donors (Lipinski definition) is 0. The molecule has 4 heteroatoms. The zero-order chi connectivity index (χ0) is 14.0. The second kappa shape index (κ2) is 5.58. The summed E-state index contributed by atoms with van der Waals surface area (Å²) in [6.45, 7) is 4.15. The number of carbonyl (C=O) groups is 1. The Balaban J connectivity index is 2.55. The molecule has 0 unspecified atom stereocenters. The SMILES string of the molecule is CC(C)c1cc(C#N)cc(C2CC2)c1CC(=O)N=S. The Hall–Kier alpha value is -1.60. The van der Waals surface area contributed by atoms with Gasteiger partial charge in [0.1, 0.15) is 0 Å². The summed E-state index contributed by atoms with van der Waals surface area (Å²) in [4.78, 5) is 11.6. The van der Waals surface area contributed by atoms with Crippen molar-refractivity contribution in [2.75, 3.05) is 0 Å². The minimum Gasteiger partial charge on any atom is -0.271 e. The minimum atomic E-state index is -0.275. The van der Waals surface area contributed by atoms with Crippen molar-refractivity contribution in [3.8, 4) is 6.07 Å². The predicted octanol–water partition coefficient (Wildman–Crippen LogP) is 3.36. The zero-order valence-electron chi connectivity index (χ0n) is 11.1. The van der Waals surface area contributed by atoms with Gasteiger partial charge in [-0.3, -0.25) is 4.79 Å². The Morgan fingerprint density at radius 2 is 2.21 bits per heavy atom. The minimum absolute atomic E-state index is 0.258. The molecular formula is C15H16N2OS. The van der Waals surface area contributed by atoms with Crippen molar-refractivity contribution in [3.63, 3.8) is 0 Å². The molecule has 0 radical (unpaired) electrons. The maximum atomic E-state index is 11.6. The van der Waals surface area contributed by atoms with E-state index in [0.29, 0.717) is 11.5 Å². The summed E-state index contributed by atoms with van der Waals surface area (Å²) in [6, 6.07) is 6.03. The highest BCUT2D eigenvalue weighted by Gasteiger charge is 2.29. The standard InChI is InChI=1S/C15H16N2OS/c1-9(2)12-5-10(8-16)6-13(11-3-4-11)14(12)7-15(18)17-19/h5-6,9,11H,3-4,7H2,1-2H3. The quantitative estimate of drug-likeness (QED) is 0.844. The normalized spacial score (nSPS) is 14.2. The van der Waals surface area contributed by atoms with E-state index in [2.05, 4.69) is 36.7 Å². The van der Waals surface area contributed by atoms with E-state index in [-0.39, 0.29) is 18.2 Å². The van der Waals surface area contributed by atoms with Crippen molar-refractivity contribution in [1.29, 1.82) is 5.26 Å². The lowest BCUT2D eigenvalue weighted by Gasteiger charge is -2.17. The first kappa shape index (κ1) is 13.8. The molecule has 1 aromatic carbocycles. The first-order valence-corrected chi connectivity index (χ1v) is 6.86. The number of hydrogen-bond acceptors (Lipinski definition) is 3. The van der Waals surface area contributed by atoms with Gasteiger partial charge >= 0.3 is 0 Å². The number of rotatable bonds is 4. The van der Waals surface area contributed by atoms with Crippen LogP contribution in [0.5, 0.6) is 0 Å². The van der Waals surface area contributed by atoms with Gasteiger partial charge in [-0.2, -0.15) is 5.26 Å². The van der Waals surface area contributed by atoms with Crippen molar-refractivity contribution in [2.24, 2.45) is 4.36 Å². The molecule has 0 N–H and O–H groups in total. The van der Waals surface area contributed by atoms with Gasteiger partial charge < -0.3 is 0 Å². The van der Waals surface area contributed by atoms with E-state index in [4.69, 9.17) is 5.26 Å². The van der Waals surface area contributed by atoms with Crippen molar-refractivity contribution in [2.45, 2.75) is 44.9 Å². The van der Waals surface area contributed by atoms with Gasteiger partial charge in [0.15, 0.2) is 0 Å². The summed E-state index contributed by atoms with van der Waals surface area (Å²) in [7, 11) is 0. The monoisotopic (exact) mass is 272 g/mol. The van der Waals surface area contributed by atoms with Gasteiger partial charge in [0.2, 0.25) is 0 Å². The van der Waals surface area contributed by atoms with Crippen molar-refractivity contribution in [1.82, 2.24) is 0 Å². The van der Waals surface area contributed by atoms with Crippen molar-refractivity contribution < 1.29 is 4.79 Å². The van der Waals surface area contributed by atoms with Crippen LogP contribution in [0.3, 0.4) is 0 Å². The molecule has 2 rings (SSSR count). The van der Waals surface area contributed by atoms with Crippen LogP contribution >= 0.6 is 0 Å². The Labute approximate surface area is 118 Å². The molecule has 0 bridgehead atoms. The molecule has 1 saturated carbocycles. The summed E-state index contributed by atoms with van der Waals surface area (Å²) in [5, 5.41) is 9.14. The summed E-state index contributed by atoms with van der Waals surface area (Å²) in [5.41, 5.74) is 3.94. The third-order valence-electron chi connectivity index (χ3n) is 3.52. The van der Waals surface area contributed by atoms with E-state index in [1.54, 1.807) is 0 Å². The van der Waals surface area contributed by atoms with E-state index in [1.807, 2.05) is 12.1 Å². The Bertz CT molecular complexity index is 545. The van der Waals surface area contributed by atoms with Crippen LogP contribution in [-0.2, 0) is 23.6 Å². The molecule has 98 valence electrons. The first-order valence-electron chi connectivity index (χ1n) is 6.49. The maximum absolute atomic E-state index is 11.6. The number of benzene rings is 1. The van der Waals surface area contributed by atoms with Crippen molar-refractivity contribution >= 4 is 18.3 Å².